The first-order valence-corrected chi connectivity index (χ1v) is 9.78. The fourth-order valence-corrected chi connectivity index (χ4v) is 4.11. The van der Waals surface area contributed by atoms with Crippen LogP contribution >= 0.6 is 11.6 Å². The Morgan fingerprint density at radius 1 is 1.35 bits per heavy atom. The van der Waals surface area contributed by atoms with Crippen molar-refractivity contribution in [2.45, 2.75) is 58.1 Å². The highest BCUT2D eigenvalue weighted by atomic mass is 35.5. The molecule has 6 heteroatoms. The van der Waals surface area contributed by atoms with E-state index >= 15 is 0 Å². The summed E-state index contributed by atoms with van der Waals surface area (Å²) in [6, 6.07) is 5.59. The van der Waals surface area contributed by atoms with E-state index in [1.807, 2.05) is 22.8 Å². The molecule has 0 radical (unpaired) electrons. The maximum Gasteiger partial charge on any atom is 0.410 e. The number of amides is 2. The number of benzene rings is 1. The molecule has 0 bridgehead atoms. The molecule has 2 fully saturated rings. The monoisotopic (exact) mass is 378 g/mol. The SMILES string of the molecule is CCCC(C)N1CC2(CCN(C(=O)c3cc(Cl)ccc3C)CC2)OC1=O. The van der Waals surface area contributed by atoms with Crippen molar-refractivity contribution in [2.75, 3.05) is 19.6 Å². The summed E-state index contributed by atoms with van der Waals surface area (Å²) in [5.41, 5.74) is 1.13. The van der Waals surface area contributed by atoms with Crippen molar-refractivity contribution in [3.63, 3.8) is 0 Å². The quantitative estimate of drug-likeness (QED) is 0.786. The van der Waals surface area contributed by atoms with Crippen molar-refractivity contribution >= 4 is 23.6 Å². The van der Waals surface area contributed by atoms with Crippen LogP contribution in [0.2, 0.25) is 5.02 Å². The van der Waals surface area contributed by atoms with Crippen LogP contribution in [-0.4, -0.2) is 53.1 Å². The second-order valence-corrected chi connectivity index (χ2v) is 8.00. The third-order valence-electron chi connectivity index (χ3n) is 5.63. The van der Waals surface area contributed by atoms with Gasteiger partial charge >= 0.3 is 6.09 Å². The number of hydrogen-bond donors (Lipinski definition) is 0. The summed E-state index contributed by atoms with van der Waals surface area (Å²) >= 11 is 6.05. The van der Waals surface area contributed by atoms with Gasteiger partial charge in [0.05, 0.1) is 6.54 Å². The highest BCUT2D eigenvalue weighted by Crippen LogP contribution is 2.35. The van der Waals surface area contributed by atoms with Crippen LogP contribution in [0, 0.1) is 6.92 Å². The molecule has 1 aromatic rings. The van der Waals surface area contributed by atoms with E-state index in [0.29, 0.717) is 43.1 Å². The standard InChI is InChI=1S/C20H27ClN2O3/c1-4-5-15(3)23-13-20(26-19(23)25)8-10-22(11-9-20)18(24)17-12-16(21)7-6-14(17)2/h6-7,12,15H,4-5,8-11,13H2,1-3H3. The lowest BCUT2D eigenvalue weighted by atomic mass is 9.90. The molecule has 2 amide bonds. The highest BCUT2D eigenvalue weighted by Gasteiger charge is 2.48. The van der Waals surface area contributed by atoms with E-state index in [2.05, 4.69) is 13.8 Å². The van der Waals surface area contributed by atoms with E-state index in [9.17, 15) is 9.59 Å². The molecule has 0 aromatic heterocycles. The van der Waals surface area contributed by atoms with Gasteiger partial charge in [0.15, 0.2) is 0 Å². The largest absolute Gasteiger partial charge is 0.441 e. The summed E-state index contributed by atoms with van der Waals surface area (Å²) < 4.78 is 5.77. The fraction of sp³-hybridized carbons (Fsp3) is 0.600. The fourth-order valence-electron chi connectivity index (χ4n) is 3.93. The summed E-state index contributed by atoms with van der Waals surface area (Å²) in [6.07, 6.45) is 3.17. The van der Waals surface area contributed by atoms with Crippen LogP contribution in [0.4, 0.5) is 4.79 Å². The Balaban J connectivity index is 1.65. The van der Waals surface area contributed by atoms with Crippen molar-refractivity contribution in [1.82, 2.24) is 9.80 Å². The first-order chi connectivity index (χ1) is 12.3. The average Bonchev–Trinajstić information content (AvgIpc) is 2.93. The Morgan fingerprint density at radius 3 is 2.69 bits per heavy atom. The molecule has 1 spiro atoms. The number of nitrogens with zero attached hydrogens (tertiary/aromatic N) is 2. The third-order valence-corrected chi connectivity index (χ3v) is 5.86. The van der Waals surface area contributed by atoms with E-state index in [1.54, 1.807) is 12.1 Å². The molecule has 142 valence electrons. The molecular weight excluding hydrogens is 352 g/mol. The minimum absolute atomic E-state index is 0.000352. The summed E-state index contributed by atoms with van der Waals surface area (Å²) in [7, 11) is 0. The number of carbonyl (C=O) groups is 2. The molecule has 2 heterocycles. The van der Waals surface area contributed by atoms with Gasteiger partial charge in [-0.1, -0.05) is 31.0 Å². The molecule has 2 aliphatic rings. The van der Waals surface area contributed by atoms with Gasteiger partial charge in [0.2, 0.25) is 0 Å². The van der Waals surface area contributed by atoms with Crippen LogP contribution in [0.1, 0.15) is 55.5 Å². The number of rotatable bonds is 4. The van der Waals surface area contributed by atoms with Gasteiger partial charge in [-0.05, 0) is 38.0 Å². The Kier molecular flexibility index (Phi) is 5.47. The molecule has 2 aliphatic heterocycles. The molecule has 2 saturated heterocycles. The van der Waals surface area contributed by atoms with Crippen LogP contribution < -0.4 is 0 Å². The molecule has 5 nitrogen and oxygen atoms in total. The van der Waals surface area contributed by atoms with Crippen LogP contribution in [0.25, 0.3) is 0 Å². The van der Waals surface area contributed by atoms with Gasteiger partial charge < -0.3 is 14.5 Å². The Hall–Kier alpha value is -1.75. The maximum absolute atomic E-state index is 12.8. The number of halogens is 1. The van der Waals surface area contributed by atoms with Crippen LogP contribution in [0.3, 0.4) is 0 Å². The molecular formula is C20H27ClN2O3. The molecule has 1 atom stereocenters. The van der Waals surface area contributed by atoms with E-state index in [1.165, 1.54) is 0 Å². The lowest BCUT2D eigenvalue weighted by Crippen LogP contribution is -2.49. The summed E-state index contributed by atoms with van der Waals surface area (Å²) in [5, 5.41) is 0.567. The zero-order valence-corrected chi connectivity index (χ0v) is 16.5. The topological polar surface area (TPSA) is 49.9 Å². The average molecular weight is 379 g/mol. The van der Waals surface area contributed by atoms with E-state index in [4.69, 9.17) is 16.3 Å². The molecule has 26 heavy (non-hydrogen) atoms. The Bertz CT molecular complexity index is 698. The second-order valence-electron chi connectivity index (χ2n) is 7.57. The van der Waals surface area contributed by atoms with Gasteiger partial charge in [-0.15, -0.1) is 0 Å². The molecule has 1 unspecified atom stereocenters. The van der Waals surface area contributed by atoms with E-state index < -0.39 is 5.60 Å². The number of ether oxygens (including phenoxy) is 1. The summed E-state index contributed by atoms with van der Waals surface area (Å²) in [6.45, 7) is 7.92. The Labute approximate surface area is 160 Å². The second kappa shape index (κ2) is 7.47. The van der Waals surface area contributed by atoms with Crippen molar-refractivity contribution in [1.29, 1.82) is 0 Å². The zero-order valence-electron chi connectivity index (χ0n) is 15.8. The minimum atomic E-state index is -0.445. The number of aryl methyl sites for hydroxylation is 1. The number of hydrogen-bond acceptors (Lipinski definition) is 3. The zero-order chi connectivity index (χ0) is 18.9. The molecule has 0 saturated carbocycles. The van der Waals surface area contributed by atoms with Gasteiger partial charge in [-0.2, -0.15) is 0 Å². The summed E-state index contributed by atoms with van der Waals surface area (Å²) in [4.78, 5) is 28.8. The lowest BCUT2D eigenvalue weighted by Gasteiger charge is -2.37. The summed E-state index contributed by atoms with van der Waals surface area (Å²) in [5.74, 6) is 0.000352. The third kappa shape index (κ3) is 3.68. The first-order valence-electron chi connectivity index (χ1n) is 9.40. The predicted molar refractivity (Wildman–Crippen MR) is 102 cm³/mol. The van der Waals surface area contributed by atoms with Gasteiger partial charge in [0, 0.05) is 42.6 Å². The molecule has 1 aromatic carbocycles. The van der Waals surface area contributed by atoms with Gasteiger partial charge in [0.1, 0.15) is 5.60 Å². The predicted octanol–water partition coefficient (Wildman–Crippen LogP) is 4.26. The van der Waals surface area contributed by atoms with Gasteiger partial charge in [-0.3, -0.25) is 4.79 Å². The van der Waals surface area contributed by atoms with Crippen LogP contribution in [-0.2, 0) is 4.74 Å². The maximum atomic E-state index is 12.8. The molecule has 0 aliphatic carbocycles. The van der Waals surface area contributed by atoms with E-state index in [-0.39, 0.29) is 18.0 Å². The van der Waals surface area contributed by atoms with Gasteiger partial charge in [0.25, 0.3) is 5.91 Å². The molecule has 0 N–H and O–H groups in total. The number of likely N-dealkylation sites (tertiary alicyclic amines) is 1. The van der Waals surface area contributed by atoms with Crippen LogP contribution in [0.15, 0.2) is 18.2 Å². The lowest BCUT2D eigenvalue weighted by molar-refractivity contribution is 0.00305. The number of piperidine rings is 1. The van der Waals surface area contributed by atoms with E-state index in [0.717, 1.165) is 18.4 Å². The number of carbonyl (C=O) groups excluding carboxylic acids is 2. The van der Waals surface area contributed by atoms with Crippen molar-refractivity contribution < 1.29 is 14.3 Å². The smallest absolute Gasteiger partial charge is 0.410 e. The van der Waals surface area contributed by atoms with Crippen molar-refractivity contribution in [3.8, 4) is 0 Å². The normalized spacial score (nSPS) is 20.4. The highest BCUT2D eigenvalue weighted by molar-refractivity contribution is 6.31. The first kappa shape index (κ1) is 19.0. The van der Waals surface area contributed by atoms with Gasteiger partial charge in [-0.25, -0.2) is 4.79 Å². The van der Waals surface area contributed by atoms with Crippen molar-refractivity contribution in [3.05, 3.63) is 34.3 Å². The minimum Gasteiger partial charge on any atom is -0.441 e. The van der Waals surface area contributed by atoms with Crippen molar-refractivity contribution in [2.24, 2.45) is 0 Å². The van der Waals surface area contributed by atoms with Crippen LogP contribution in [0.5, 0.6) is 0 Å². The molecule has 3 rings (SSSR count). The Morgan fingerprint density at radius 2 is 2.04 bits per heavy atom.